The number of hydrogen-bond acceptors (Lipinski definition) is 3. The molecule has 0 amide bonds. The van der Waals surface area contributed by atoms with E-state index >= 15 is 0 Å². The van der Waals surface area contributed by atoms with E-state index in [4.69, 9.17) is 0 Å². The molecule has 0 spiro atoms. The summed E-state index contributed by atoms with van der Waals surface area (Å²) in [5, 5.41) is 11.6. The molecule has 0 saturated carbocycles. The van der Waals surface area contributed by atoms with Gasteiger partial charge in [-0.25, -0.2) is 4.98 Å². The lowest BCUT2D eigenvalue weighted by molar-refractivity contribution is 0.667. The summed E-state index contributed by atoms with van der Waals surface area (Å²) >= 11 is 0. The van der Waals surface area contributed by atoms with E-state index in [9.17, 15) is 0 Å². The lowest BCUT2D eigenvalue weighted by Crippen LogP contribution is -2.01. The average Bonchev–Trinajstić information content (AvgIpc) is 3.10. The van der Waals surface area contributed by atoms with Gasteiger partial charge in [-0.15, -0.1) is 0 Å². The Balaban J connectivity index is 1.50. The molecule has 0 atom stereocenters. The van der Waals surface area contributed by atoms with E-state index in [1.165, 1.54) is 24.2 Å². The predicted octanol–water partition coefficient (Wildman–Crippen LogP) is 2.78. The molecule has 102 valence electrons. The van der Waals surface area contributed by atoms with Crippen LogP contribution in [-0.2, 0) is 19.4 Å². The third-order valence-electron chi connectivity index (χ3n) is 3.91. The number of nitrogens with one attached hydrogen (secondary N) is 3. The van der Waals surface area contributed by atoms with Crippen LogP contribution in [0.4, 0.5) is 5.69 Å². The molecule has 4 rings (SSSR count). The number of rotatable bonds is 3. The van der Waals surface area contributed by atoms with Gasteiger partial charge in [-0.1, -0.05) is 0 Å². The summed E-state index contributed by atoms with van der Waals surface area (Å²) in [5.74, 6) is 1.03. The quantitative estimate of drug-likeness (QED) is 0.683. The molecular weight excluding hydrogens is 250 g/mol. The smallest absolute Gasteiger partial charge is 0.125 e. The summed E-state index contributed by atoms with van der Waals surface area (Å²) in [6, 6.07) is 6.21. The number of aryl methyl sites for hydroxylation is 2. The lowest BCUT2D eigenvalue weighted by Gasteiger charge is -2.07. The van der Waals surface area contributed by atoms with Crippen molar-refractivity contribution < 1.29 is 0 Å². The van der Waals surface area contributed by atoms with E-state index in [-0.39, 0.29) is 0 Å². The number of anilines is 1. The molecule has 0 saturated heterocycles. The van der Waals surface area contributed by atoms with Crippen LogP contribution >= 0.6 is 0 Å². The minimum Gasteiger partial charge on any atom is -0.378 e. The van der Waals surface area contributed by atoms with Crippen molar-refractivity contribution in [1.29, 1.82) is 0 Å². The average molecular weight is 267 g/mol. The zero-order valence-corrected chi connectivity index (χ0v) is 11.2. The van der Waals surface area contributed by atoms with Crippen molar-refractivity contribution in [1.82, 2.24) is 20.2 Å². The number of aromatic nitrogens is 4. The Morgan fingerprint density at radius 1 is 1.20 bits per heavy atom. The van der Waals surface area contributed by atoms with E-state index < -0.39 is 0 Å². The Bertz CT molecular complexity index is 716. The largest absolute Gasteiger partial charge is 0.378 e. The van der Waals surface area contributed by atoms with Crippen LogP contribution in [0, 0.1) is 0 Å². The molecule has 1 aliphatic rings. The normalized spacial score (nSPS) is 14.4. The molecule has 3 N–H and O–H groups in total. The van der Waals surface area contributed by atoms with Crippen molar-refractivity contribution in [3.8, 4) is 0 Å². The summed E-state index contributed by atoms with van der Waals surface area (Å²) < 4.78 is 0. The van der Waals surface area contributed by atoms with E-state index in [2.05, 4.69) is 43.7 Å². The standard InChI is InChI=1S/C15H17N5/c1-2-4-13-12(3-1)18-15(19-13)9-16-11-6-5-10-8-17-20-14(10)7-11/h5-8,16H,1-4,9H2,(H,17,20)(H,18,19). The van der Waals surface area contributed by atoms with Gasteiger partial charge in [0.25, 0.3) is 0 Å². The molecule has 0 aliphatic heterocycles. The Morgan fingerprint density at radius 3 is 3.10 bits per heavy atom. The highest BCUT2D eigenvalue weighted by Crippen LogP contribution is 2.20. The molecule has 3 aromatic rings. The van der Waals surface area contributed by atoms with Crippen LogP contribution in [0.1, 0.15) is 30.1 Å². The van der Waals surface area contributed by atoms with Gasteiger partial charge in [-0.2, -0.15) is 5.10 Å². The van der Waals surface area contributed by atoms with Crippen LogP contribution in [0.3, 0.4) is 0 Å². The van der Waals surface area contributed by atoms with Crippen molar-refractivity contribution in [2.45, 2.75) is 32.2 Å². The topological polar surface area (TPSA) is 69.4 Å². The first-order valence-corrected chi connectivity index (χ1v) is 7.12. The molecule has 1 aliphatic carbocycles. The first-order chi connectivity index (χ1) is 9.88. The number of hydrogen-bond donors (Lipinski definition) is 3. The maximum atomic E-state index is 4.68. The monoisotopic (exact) mass is 267 g/mol. The number of imidazole rings is 1. The molecular formula is C15H17N5. The van der Waals surface area contributed by atoms with Crippen LogP contribution in [0.2, 0.25) is 0 Å². The Labute approximate surface area is 116 Å². The molecule has 2 heterocycles. The summed E-state index contributed by atoms with van der Waals surface area (Å²) in [6.07, 6.45) is 6.63. The minimum atomic E-state index is 0.729. The SMILES string of the molecule is c1cc2cn[nH]c2cc1NCc1nc2c([nH]1)CCCC2. The van der Waals surface area contributed by atoms with Gasteiger partial charge in [0.15, 0.2) is 0 Å². The first kappa shape index (κ1) is 11.5. The van der Waals surface area contributed by atoms with Crippen molar-refractivity contribution in [2.24, 2.45) is 0 Å². The van der Waals surface area contributed by atoms with E-state index in [0.717, 1.165) is 41.8 Å². The number of H-pyrrole nitrogens is 2. The first-order valence-electron chi connectivity index (χ1n) is 7.12. The molecule has 2 aromatic heterocycles. The number of benzene rings is 1. The molecule has 5 nitrogen and oxygen atoms in total. The molecule has 20 heavy (non-hydrogen) atoms. The van der Waals surface area contributed by atoms with Crippen molar-refractivity contribution in [3.63, 3.8) is 0 Å². The molecule has 0 radical (unpaired) electrons. The van der Waals surface area contributed by atoms with Crippen molar-refractivity contribution >= 4 is 16.6 Å². The van der Waals surface area contributed by atoms with Crippen LogP contribution in [-0.4, -0.2) is 20.2 Å². The number of aromatic amines is 2. The van der Waals surface area contributed by atoms with Crippen LogP contribution < -0.4 is 5.32 Å². The fraction of sp³-hybridized carbons (Fsp3) is 0.333. The number of nitrogens with zero attached hydrogens (tertiary/aromatic N) is 2. The zero-order valence-electron chi connectivity index (χ0n) is 11.2. The van der Waals surface area contributed by atoms with Gasteiger partial charge in [0, 0.05) is 16.8 Å². The van der Waals surface area contributed by atoms with Crippen molar-refractivity contribution in [2.75, 3.05) is 5.32 Å². The Kier molecular flexibility index (Phi) is 2.69. The predicted molar refractivity (Wildman–Crippen MR) is 78.7 cm³/mol. The summed E-state index contributed by atoms with van der Waals surface area (Å²) in [7, 11) is 0. The van der Waals surface area contributed by atoms with Crippen LogP contribution in [0.15, 0.2) is 24.4 Å². The maximum absolute atomic E-state index is 4.68. The van der Waals surface area contributed by atoms with E-state index in [1.54, 1.807) is 0 Å². The molecule has 0 bridgehead atoms. The van der Waals surface area contributed by atoms with Gasteiger partial charge in [-0.05, 0) is 43.9 Å². The van der Waals surface area contributed by atoms with Gasteiger partial charge in [0.2, 0.25) is 0 Å². The second-order valence-corrected chi connectivity index (χ2v) is 5.34. The molecule has 0 fully saturated rings. The van der Waals surface area contributed by atoms with Crippen LogP contribution in [0.5, 0.6) is 0 Å². The minimum absolute atomic E-state index is 0.729. The highest BCUT2D eigenvalue weighted by atomic mass is 15.1. The highest BCUT2D eigenvalue weighted by Gasteiger charge is 2.13. The van der Waals surface area contributed by atoms with Gasteiger partial charge in [-0.3, -0.25) is 5.10 Å². The highest BCUT2D eigenvalue weighted by molar-refractivity contribution is 5.81. The lowest BCUT2D eigenvalue weighted by atomic mass is 10.0. The Morgan fingerprint density at radius 2 is 2.15 bits per heavy atom. The maximum Gasteiger partial charge on any atom is 0.125 e. The second-order valence-electron chi connectivity index (χ2n) is 5.34. The Hall–Kier alpha value is -2.30. The van der Waals surface area contributed by atoms with Crippen molar-refractivity contribution in [3.05, 3.63) is 41.6 Å². The van der Waals surface area contributed by atoms with E-state index in [0.29, 0.717) is 0 Å². The summed E-state index contributed by atoms with van der Waals surface area (Å²) in [5.41, 5.74) is 4.72. The van der Waals surface area contributed by atoms with Gasteiger partial charge >= 0.3 is 0 Å². The molecule has 0 unspecified atom stereocenters. The fourth-order valence-corrected chi connectivity index (χ4v) is 2.83. The second kappa shape index (κ2) is 4.67. The summed E-state index contributed by atoms with van der Waals surface area (Å²) in [6.45, 7) is 0.729. The molecule has 5 heteroatoms. The third kappa shape index (κ3) is 2.05. The van der Waals surface area contributed by atoms with Gasteiger partial charge in [0.05, 0.1) is 24.0 Å². The van der Waals surface area contributed by atoms with E-state index in [1.807, 2.05) is 6.20 Å². The van der Waals surface area contributed by atoms with Gasteiger partial charge in [0.1, 0.15) is 5.82 Å². The van der Waals surface area contributed by atoms with Gasteiger partial charge < -0.3 is 10.3 Å². The fourth-order valence-electron chi connectivity index (χ4n) is 2.83. The zero-order chi connectivity index (χ0) is 13.4. The van der Waals surface area contributed by atoms with Crippen LogP contribution in [0.25, 0.3) is 10.9 Å². The third-order valence-corrected chi connectivity index (χ3v) is 3.91. The summed E-state index contributed by atoms with van der Waals surface area (Å²) in [4.78, 5) is 8.12. The molecule has 1 aromatic carbocycles. The number of fused-ring (bicyclic) bond motifs is 2.